The molecule has 2 heterocycles. The van der Waals surface area contributed by atoms with Crippen molar-refractivity contribution >= 4 is 33.6 Å². The van der Waals surface area contributed by atoms with E-state index in [4.69, 9.17) is 0 Å². The second kappa shape index (κ2) is 7.90. The van der Waals surface area contributed by atoms with Gasteiger partial charge in [0.1, 0.15) is 12.1 Å². The maximum Gasteiger partial charge on any atom is 0.325 e. The molecule has 0 bridgehead atoms. The molecule has 1 atom stereocenters. The summed E-state index contributed by atoms with van der Waals surface area (Å²) in [4.78, 5) is 38.6. The minimum atomic E-state index is -3.66. The summed E-state index contributed by atoms with van der Waals surface area (Å²) in [5.74, 6) is -0.849. The molecule has 168 valence electrons. The molecule has 31 heavy (non-hydrogen) atoms. The minimum absolute atomic E-state index is 0.108. The highest BCUT2D eigenvalue weighted by molar-refractivity contribution is 7.89. The van der Waals surface area contributed by atoms with Crippen molar-refractivity contribution in [2.24, 2.45) is 5.92 Å². The van der Waals surface area contributed by atoms with Crippen molar-refractivity contribution in [2.45, 2.75) is 56.4 Å². The van der Waals surface area contributed by atoms with Gasteiger partial charge in [-0.3, -0.25) is 14.5 Å². The fourth-order valence-corrected chi connectivity index (χ4v) is 6.11. The SMILES string of the molecule is Cc1ccc(NC(=O)CN2C(=O)N[C@](C)(C3CC3)C2=O)cc1S(=O)(=O)N1CCCCC1. The molecule has 1 aromatic carbocycles. The van der Waals surface area contributed by atoms with Crippen LogP contribution in [0.1, 0.15) is 44.6 Å². The number of nitrogens with one attached hydrogen (secondary N) is 2. The summed E-state index contributed by atoms with van der Waals surface area (Å²) < 4.78 is 27.6. The molecule has 10 heteroatoms. The number of amides is 4. The molecule has 2 saturated heterocycles. The Morgan fingerprint density at radius 1 is 1.19 bits per heavy atom. The van der Waals surface area contributed by atoms with Crippen LogP contribution in [0.25, 0.3) is 0 Å². The van der Waals surface area contributed by atoms with Crippen LogP contribution in [0.4, 0.5) is 10.5 Å². The van der Waals surface area contributed by atoms with Crippen molar-refractivity contribution in [3.8, 4) is 0 Å². The molecule has 1 saturated carbocycles. The van der Waals surface area contributed by atoms with E-state index in [1.165, 1.54) is 10.4 Å². The van der Waals surface area contributed by atoms with Gasteiger partial charge < -0.3 is 10.6 Å². The van der Waals surface area contributed by atoms with E-state index in [0.717, 1.165) is 37.0 Å². The molecular formula is C21H28N4O5S. The number of carbonyl (C=O) groups is 3. The van der Waals surface area contributed by atoms with Crippen LogP contribution in [0, 0.1) is 12.8 Å². The zero-order valence-corrected chi connectivity index (χ0v) is 18.6. The van der Waals surface area contributed by atoms with Crippen molar-refractivity contribution < 1.29 is 22.8 Å². The maximum absolute atomic E-state index is 13.1. The number of piperidine rings is 1. The van der Waals surface area contributed by atoms with E-state index < -0.39 is 40.0 Å². The molecule has 1 aliphatic carbocycles. The van der Waals surface area contributed by atoms with Crippen LogP contribution in [-0.2, 0) is 19.6 Å². The number of carbonyl (C=O) groups excluding carboxylic acids is 3. The lowest BCUT2D eigenvalue weighted by Gasteiger charge is -2.26. The Bertz CT molecular complexity index is 1030. The third-order valence-corrected chi connectivity index (χ3v) is 8.44. The monoisotopic (exact) mass is 448 g/mol. The molecule has 0 radical (unpaired) electrons. The summed E-state index contributed by atoms with van der Waals surface area (Å²) in [5.41, 5.74) is -0.0437. The van der Waals surface area contributed by atoms with Gasteiger partial charge in [-0.1, -0.05) is 12.5 Å². The van der Waals surface area contributed by atoms with E-state index in [9.17, 15) is 22.8 Å². The Morgan fingerprint density at radius 2 is 1.87 bits per heavy atom. The molecule has 3 fully saturated rings. The number of anilines is 1. The van der Waals surface area contributed by atoms with Crippen LogP contribution >= 0.6 is 0 Å². The predicted molar refractivity (Wildman–Crippen MR) is 114 cm³/mol. The van der Waals surface area contributed by atoms with Crippen LogP contribution in [-0.4, -0.2) is 60.6 Å². The lowest BCUT2D eigenvalue weighted by Crippen LogP contribution is -2.46. The van der Waals surface area contributed by atoms with Gasteiger partial charge in [0.15, 0.2) is 0 Å². The quantitative estimate of drug-likeness (QED) is 0.644. The molecule has 9 nitrogen and oxygen atoms in total. The van der Waals surface area contributed by atoms with Crippen molar-refractivity contribution in [3.05, 3.63) is 23.8 Å². The first-order chi connectivity index (χ1) is 14.6. The number of urea groups is 1. The third-order valence-electron chi connectivity index (χ3n) is 6.40. The van der Waals surface area contributed by atoms with E-state index in [1.54, 1.807) is 26.0 Å². The fourth-order valence-electron chi connectivity index (χ4n) is 4.34. The zero-order valence-electron chi connectivity index (χ0n) is 17.8. The highest BCUT2D eigenvalue weighted by Gasteiger charge is 2.56. The van der Waals surface area contributed by atoms with Crippen molar-refractivity contribution in [1.29, 1.82) is 0 Å². The molecule has 2 aliphatic heterocycles. The van der Waals surface area contributed by atoms with Gasteiger partial charge >= 0.3 is 6.03 Å². The molecule has 0 spiro atoms. The number of hydrogen-bond acceptors (Lipinski definition) is 5. The smallest absolute Gasteiger partial charge is 0.324 e. The van der Waals surface area contributed by atoms with Crippen molar-refractivity contribution in [1.82, 2.24) is 14.5 Å². The number of sulfonamides is 1. The second-order valence-corrected chi connectivity index (χ2v) is 10.7. The predicted octanol–water partition coefficient (Wildman–Crippen LogP) is 1.83. The molecule has 2 N–H and O–H groups in total. The molecule has 1 aromatic rings. The summed E-state index contributed by atoms with van der Waals surface area (Å²) in [6.45, 7) is 3.97. The molecule has 4 rings (SSSR count). The largest absolute Gasteiger partial charge is 0.325 e. The molecule has 4 amide bonds. The normalized spacial score (nSPS) is 24.9. The van der Waals surface area contributed by atoms with Gasteiger partial charge in [-0.15, -0.1) is 0 Å². The van der Waals surface area contributed by atoms with Crippen LogP contribution in [0.2, 0.25) is 0 Å². The Hall–Kier alpha value is -2.46. The van der Waals surface area contributed by atoms with E-state index in [0.29, 0.717) is 24.3 Å². The zero-order chi connectivity index (χ0) is 22.4. The Kier molecular flexibility index (Phi) is 5.55. The highest BCUT2D eigenvalue weighted by atomic mass is 32.2. The topological polar surface area (TPSA) is 116 Å². The van der Waals surface area contributed by atoms with E-state index in [2.05, 4.69) is 10.6 Å². The summed E-state index contributed by atoms with van der Waals surface area (Å²) in [6, 6.07) is 4.12. The number of rotatable bonds is 6. The average Bonchev–Trinajstić information content (AvgIpc) is 3.56. The van der Waals surface area contributed by atoms with Crippen molar-refractivity contribution in [3.63, 3.8) is 0 Å². The van der Waals surface area contributed by atoms with Gasteiger partial charge in [-0.2, -0.15) is 4.31 Å². The average molecular weight is 449 g/mol. The van der Waals surface area contributed by atoms with E-state index in [-0.39, 0.29) is 10.8 Å². The van der Waals surface area contributed by atoms with E-state index in [1.807, 2.05) is 0 Å². The van der Waals surface area contributed by atoms with Gasteiger partial charge in [-0.25, -0.2) is 13.2 Å². The number of hydrogen-bond donors (Lipinski definition) is 2. The lowest BCUT2D eigenvalue weighted by atomic mass is 9.96. The lowest BCUT2D eigenvalue weighted by molar-refractivity contribution is -0.134. The number of aryl methyl sites for hydroxylation is 1. The van der Waals surface area contributed by atoms with Crippen LogP contribution in [0.15, 0.2) is 23.1 Å². The summed E-state index contributed by atoms with van der Waals surface area (Å²) in [6.07, 6.45) is 4.44. The fraction of sp³-hybridized carbons (Fsp3) is 0.571. The van der Waals surface area contributed by atoms with Gasteiger partial charge in [0, 0.05) is 18.8 Å². The van der Waals surface area contributed by atoms with Gasteiger partial charge in [-0.05, 0) is 63.1 Å². The summed E-state index contributed by atoms with van der Waals surface area (Å²) in [5, 5.41) is 5.34. The first-order valence-corrected chi connectivity index (χ1v) is 12.1. The maximum atomic E-state index is 13.1. The Morgan fingerprint density at radius 3 is 2.52 bits per heavy atom. The number of benzene rings is 1. The third kappa shape index (κ3) is 4.06. The van der Waals surface area contributed by atoms with Gasteiger partial charge in [0.25, 0.3) is 5.91 Å². The van der Waals surface area contributed by atoms with Crippen LogP contribution in [0.5, 0.6) is 0 Å². The first-order valence-electron chi connectivity index (χ1n) is 10.7. The van der Waals surface area contributed by atoms with Crippen LogP contribution < -0.4 is 10.6 Å². The molecule has 0 aromatic heterocycles. The molecule has 3 aliphatic rings. The summed E-state index contributed by atoms with van der Waals surface area (Å²) >= 11 is 0. The van der Waals surface area contributed by atoms with E-state index >= 15 is 0 Å². The highest BCUT2D eigenvalue weighted by Crippen LogP contribution is 2.42. The van der Waals surface area contributed by atoms with Gasteiger partial charge in [0.2, 0.25) is 15.9 Å². The Balaban J connectivity index is 1.47. The minimum Gasteiger partial charge on any atom is -0.324 e. The standard InChI is InChI=1S/C21H28N4O5S/c1-14-6-9-16(12-17(14)31(29,30)24-10-4-3-5-11-24)22-18(26)13-25-19(27)21(2,15-7-8-15)23-20(25)28/h6,9,12,15H,3-5,7-8,10-11,13H2,1-2H3,(H,22,26)(H,23,28)/t21-/m1/s1. The first kappa shape index (κ1) is 21.8. The summed E-state index contributed by atoms with van der Waals surface area (Å²) in [7, 11) is -3.66. The second-order valence-electron chi connectivity index (χ2n) is 8.79. The number of imide groups is 1. The molecular weight excluding hydrogens is 420 g/mol. The van der Waals surface area contributed by atoms with Crippen molar-refractivity contribution in [2.75, 3.05) is 25.0 Å². The molecule has 0 unspecified atom stereocenters. The van der Waals surface area contributed by atoms with Gasteiger partial charge in [0.05, 0.1) is 4.90 Å². The van der Waals surface area contributed by atoms with Crippen LogP contribution in [0.3, 0.4) is 0 Å². The Labute approximate surface area is 182 Å². The number of nitrogens with zero attached hydrogens (tertiary/aromatic N) is 2.